The molecule has 4 heteroatoms. The standard InChI is InChI=1S/C13H19N3O/c1-10(17)14-11-4-3-5-12(8-11)15-13-6-7-16(2)9-13/h3-5,8,13,15H,6-7,9H2,1-2H3,(H,14,17). The van der Waals surface area contributed by atoms with Gasteiger partial charge in [-0.2, -0.15) is 0 Å². The van der Waals surface area contributed by atoms with Crippen molar-refractivity contribution in [2.45, 2.75) is 19.4 Å². The number of nitrogens with zero attached hydrogens (tertiary/aromatic N) is 1. The lowest BCUT2D eigenvalue weighted by Gasteiger charge is -2.15. The minimum atomic E-state index is -0.0391. The van der Waals surface area contributed by atoms with E-state index in [0.29, 0.717) is 6.04 Å². The average molecular weight is 233 g/mol. The SMILES string of the molecule is CC(=O)Nc1cccc(NC2CCN(C)C2)c1. The summed E-state index contributed by atoms with van der Waals surface area (Å²) in [5.41, 5.74) is 1.91. The molecular weight excluding hydrogens is 214 g/mol. The van der Waals surface area contributed by atoms with Crippen LogP contribution in [-0.2, 0) is 4.79 Å². The molecule has 1 unspecified atom stereocenters. The second-order valence-corrected chi connectivity index (χ2v) is 4.65. The Labute approximate surface area is 102 Å². The Morgan fingerprint density at radius 2 is 2.18 bits per heavy atom. The highest BCUT2D eigenvalue weighted by atomic mass is 16.1. The number of hydrogen-bond donors (Lipinski definition) is 2. The normalized spacial score (nSPS) is 20.2. The fourth-order valence-electron chi connectivity index (χ4n) is 2.18. The fourth-order valence-corrected chi connectivity index (χ4v) is 2.18. The van der Waals surface area contributed by atoms with Gasteiger partial charge in [-0.15, -0.1) is 0 Å². The lowest BCUT2D eigenvalue weighted by Crippen LogP contribution is -2.23. The Hall–Kier alpha value is -1.55. The first-order chi connectivity index (χ1) is 8.13. The van der Waals surface area contributed by atoms with E-state index in [1.165, 1.54) is 13.3 Å². The third-order valence-electron chi connectivity index (χ3n) is 2.95. The third kappa shape index (κ3) is 3.46. The third-order valence-corrected chi connectivity index (χ3v) is 2.95. The molecule has 1 aromatic carbocycles. The molecule has 0 aliphatic carbocycles. The summed E-state index contributed by atoms with van der Waals surface area (Å²) >= 11 is 0. The van der Waals surface area contributed by atoms with Crippen LogP contribution < -0.4 is 10.6 Å². The summed E-state index contributed by atoms with van der Waals surface area (Å²) in [7, 11) is 2.13. The number of likely N-dealkylation sites (N-methyl/N-ethyl adjacent to an activating group) is 1. The molecule has 1 saturated heterocycles. The monoisotopic (exact) mass is 233 g/mol. The van der Waals surface area contributed by atoms with E-state index >= 15 is 0 Å². The lowest BCUT2D eigenvalue weighted by molar-refractivity contribution is -0.114. The van der Waals surface area contributed by atoms with Gasteiger partial charge in [0.25, 0.3) is 0 Å². The second-order valence-electron chi connectivity index (χ2n) is 4.65. The van der Waals surface area contributed by atoms with Crippen molar-refractivity contribution in [2.24, 2.45) is 0 Å². The molecule has 0 bridgehead atoms. The smallest absolute Gasteiger partial charge is 0.221 e. The molecular formula is C13H19N3O. The quantitative estimate of drug-likeness (QED) is 0.836. The molecule has 2 N–H and O–H groups in total. The molecule has 4 nitrogen and oxygen atoms in total. The van der Waals surface area contributed by atoms with Crippen LogP contribution in [0.1, 0.15) is 13.3 Å². The summed E-state index contributed by atoms with van der Waals surface area (Å²) in [4.78, 5) is 13.3. The number of hydrogen-bond acceptors (Lipinski definition) is 3. The summed E-state index contributed by atoms with van der Waals surface area (Å²) < 4.78 is 0. The van der Waals surface area contributed by atoms with Crippen molar-refractivity contribution in [3.63, 3.8) is 0 Å². The van der Waals surface area contributed by atoms with Gasteiger partial charge in [0.1, 0.15) is 0 Å². The van der Waals surface area contributed by atoms with Gasteiger partial charge in [-0.25, -0.2) is 0 Å². The van der Waals surface area contributed by atoms with Crippen LogP contribution in [0.5, 0.6) is 0 Å². The van der Waals surface area contributed by atoms with Crippen molar-refractivity contribution >= 4 is 17.3 Å². The van der Waals surface area contributed by atoms with E-state index in [2.05, 4.69) is 22.6 Å². The van der Waals surface area contributed by atoms with Crippen molar-refractivity contribution in [1.82, 2.24) is 4.90 Å². The van der Waals surface area contributed by atoms with E-state index in [1.54, 1.807) is 0 Å². The lowest BCUT2D eigenvalue weighted by atomic mass is 10.2. The number of benzene rings is 1. The van der Waals surface area contributed by atoms with Gasteiger partial charge in [-0.1, -0.05) is 6.07 Å². The number of carbonyl (C=O) groups is 1. The minimum Gasteiger partial charge on any atom is -0.381 e. The predicted octanol–water partition coefficient (Wildman–Crippen LogP) is 1.76. The summed E-state index contributed by atoms with van der Waals surface area (Å²) in [6.07, 6.45) is 1.17. The van der Waals surface area contributed by atoms with Crippen molar-refractivity contribution in [3.05, 3.63) is 24.3 Å². The Bertz CT molecular complexity index is 405. The first-order valence-electron chi connectivity index (χ1n) is 5.96. The first kappa shape index (κ1) is 11.9. The topological polar surface area (TPSA) is 44.4 Å². The van der Waals surface area contributed by atoms with Gasteiger partial charge < -0.3 is 15.5 Å². The zero-order chi connectivity index (χ0) is 12.3. The predicted molar refractivity (Wildman–Crippen MR) is 70.3 cm³/mol. The van der Waals surface area contributed by atoms with Gasteiger partial charge in [0, 0.05) is 30.9 Å². The average Bonchev–Trinajstić information content (AvgIpc) is 2.63. The highest BCUT2D eigenvalue weighted by Crippen LogP contribution is 2.18. The molecule has 17 heavy (non-hydrogen) atoms. The van der Waals surface area contributed by atoms with E-state index in [-0.39, 0.29) is 5.91 Å². The molecule has 1 aliphatic heterocycles. The fraction of sp³-hybridized carbons (Fsp3) is 0.462. The van der Waals surface area contributed by atoms with Crippen LogP contribution in [0.25, 0.3) is 0 Å². The molecule has 0 radical (unpaired) electrons. The molecule has 1 fully saturated rings. The van der Waals surface area contributed by atoms with Crippen LogP contribution in [0.4, 0.5) is 11.4 Å². The highest BCUT2D eigenvalue weighted by Gasteiger charge is 2.18. The number of anilines is 2. The summed E-state index contributed by atoms with van der Waals surface area (Å²) in [5, 5.41) is 6.28. The van der Waals surface area contributed by atoms with Crippen molar-refractivity contribution in [3.8, 4) is 0 Å². The minimum absolute atomic E-state index is 0.0391. The number of carbonyl (C=O) groups excluding carboxylic acids is 1. The molecule has 0 spiro atoms. The van der Waals surface area contributed by atoms with E-state index < -0.39 is 0 Å². The van der Waals surface area contributed by atoms with Crippen molar-refractivity contribution in [1.29, 1.82) is 0 Å². The van der Waals surface area contributed by atoms with Gasteiger partial charge in [0.05, 0.1) is 0 Å². The number of likely N-dealkylation sites (tertiary alicyclic amines) is 1. The number of nitrogens with one attached hydrogen (secondary N) is 2. The Morgan fingerprint density at radius 3 is 2.82 bits per heavy atom. The molecule has 92 valence electrons. The summed E-state index contributed by atoms with van der Waals surface area (Å²) in [5.74, 6) is -0.0391. The molecule has 1 aromatic rings. The van der Waals surface area contributed by atoms with E-state index in [0.717, 1.165) is 24.5 Å². The number of rotatable bonds is 3. The number of amides is 1. The Morgan fingerprint density at radius 1 is 1.41 bits per heavy atom. The molecule has 1 heterocycles. The first-order valence-corrected chi connectivity index (χ1v) is 5.96. The summed E-state index contributed by atoms with van der Waals surface area (Å²) in [6.45, 7) is 3.74. The maximum atomic E-state index is 11.0. The van der Waals surface area contributed by atoms with Gasteiger partial charge in [-0.05, 0) is 38.2 Å². The molecule has 0 aromatic heterocycles. The van der Waals surface area contributed by atoms with Crippen LogP contribution >= 0.6 is 0 Å². The maximum Gasteiger partial charge on any atom is 0.221 e. The van der Waals surface area contributed by atoms with Gasteiger partial charge in [-0.3, -0.25) is 4.79 Å². The molecule has 1 atom stereocenters. The van der Waals surface area contributed by atoms with E-state index in [1.807, 2.05) is 24.3 Å². The maximum absolute atomic E-state index is 11.0. The van der Waals surface area contributed by atoms with Crippen molar-refractivity contribution < 1.29 is 4.79 Å². The Balaban J connectivity index is 1.98. The van der Waals surface area contributed by atoms with Crippen LogP contribution in [0.15, 0.2) is 24.3 Å². The van der Waals surface area contributed by atoms with Gasteiger partial charge in [0.15, 0.2) is 0 Å². The van der Waals surface area contributed by atoms with Crippen LogP contribution in [0.3, 0.4) is 0 Å². The summed E-state index contributed by atoms with van der Waals surface area (Å²) in [6, 6.07) is 8.36. The highest BCUT2D eigenvalue weighted by molar-refractivity contribution is 5.89. The largest absolute Gasteiger partial charge is 0.381 e. The molecule has 1 aliphatic rings. The van der Waals surface area contributed by atoms with E-state index in [9.17, 15) is 4.79 Å². The molecule has 2 rings (SSSR count). The second kappa shape index (κ2) is 5.19. The van der Waals surface area contributed by atoms with Crippen LogP contribution in [0.2, 0.25) is 0 Å². The van der Waals surface area contributed by atoms with Crippen LogP contribution in [-0.4, -0.2) is 37.0 Å². The van der Waals surface area contributed by atoms with Crippen molar-refractivity contribution in [2.75, 3.05) is 30.8 Å². The van der Waals surface area contributed by atoms with Gasteiger partial charge in [0.2, 0.25) is 5.91 Å². The zero-order valence-electron chi connectivity index (χ0n) is 10.4. The Kier molecular flexibility index (Phi) is 3.64. The molecule has 0 saturated carbocycles. The van der Waals surface area contributed by atoms with Crippen LogP contribution in [0, 0.1) is 0 Å². The molecule has 1 amide bonds. The van der Waals surface area contributed by atoms with E-state index in [4.69, 9.17) is 0 Å². The van der Waals surface area contributed by atoms with Gasteiger partial charge >= 0.3 is 0 Å². The zero-order valence-corrected chi connectivity index (χ0v) is 10.4.